The van der Waals surface area contributed by atoms with Crippen LogP contribution < -0.4 is 10.1 Å². The highest BCUT2D eigenvalue weighted by Crippen LogP contribution is 2.41. The SMILES string of the molecule is Cc1ccc(C)c(CN2C(=O)N[C@]3(CCOc4ccccc43)C2=O)c1. The van der Waals surface area contributed by atoms with Crippen molar-refractivity contribution in [2.24, 2.45) is 0 Å². The Hall–Kier alpha value is -2.82. The molecule has 2 aromatic carbocycles. The van der Waals surface area contributed by atoms with Crippen molar-refractivity contribution in [2.45, 2.75) is 32.4 Å². The van der Waals surface area contributed by atoms with Gasteiger partial charge < -0.3 is 10.1 Å². The van der Waals surface area contributed by atoms with Crippen molar-refractivity contribution in [3.63, 3.8) is 0 Å². The van der Waals surface area contributed by atoms with Crippen LogP contribution in [0.3, 0.4) is 0 Å². The van der Waals surface area contributed by atoms with Crippen molar-refractivity contribution >= 4 is 11.9 Å². The Morgan fingerprint density at radius 2 is 1.96 bits per heavy atom. The molecule has 25 heavy (non-hydrogen) atoms. The van der Waals surface area contributed by atoms with E-state index < -0.39 is 5.54 Å². The molecule has 4 rings (SSSR count). The van der Waals surface area contributed by atoms with E-state index in [1.807, 2.05) is 56.3 Å². The van der Waals surface area contributed by atoms with Crippen molar-refractivity contribution in [1.82, 2.24) is 10.2 Å². The number of para-hydroxylation sites is 1. The number of fused-ring (bicyclic) bond motifs is 2. The van der Waals surface area contributed by atoms with E-state index in [9.17, 15) is 9.59 Å². The maximum absolute atomic E-state index is 13.2. The van der Waals surface area contributed by atoms with Crippen molar-refractivity contribution in [3.05, 3.63) is 64.7 Å². The summed E-state index contributed by atoms with van der Waals surface area (Å²) in [5.74, 6) is 0.463. The zero-order valence-corrected chi connectivity index (χ0v) is 14.3. The molecule has 0 saturated carbocycles. The quantitative estimate of drug-likeness (QED) is 0.858. The average molecular weight is 336 g/mol. The molecule has 5 nitrogen and oxygen atoms in total. The van der Waals surface area contributed by atoms with Crippen molar-refractivity contribution in [1.29, 1.82) is 0 Å². The monoisotopic (exact) mass is 336 g/mol. The lowest BCUT2D eigenvalue weighted by Crippen LogP contribution is -2.47. The summed E-state index contributed by atoms with van der Waals surface area (Å²) in [6.07, 6.45) is 0.442. The number of carbonyl (C=O) groups excluding carboxylic acids is 2. The van der Waals surface area contributed by atoms with Gasteiger partial charge in [-0.05, 0) is 31.0 Å². The molecule has 1 atom stereocenters. The maximum Gasteiger partial charge on any atom is 0.325 e. The van der Waals surface area contributed by atoms with Gasteiger partial charge >= 0.3 is 6.03 Å². The Balaban J connectivity index is 1.71. The summed E-state index contributed by atoms with van der Waals surface area (Å²) >= 11 is 0. The van der Waals surface area contributed by atoms with Crippen LogP contribution in [-0.2, 0) is 16.9 Å². The van der Waals surface area contributed by atoms with Gasteiger partial charge in [-0.25, -0.2) is 4.79 Å². The van der Waals surface area contributed by atoms with E-state index in [2.05, 4.69) is 5.32 Å². The topological polar surface area (TPSA) is 58.6 Å². The van der Waals surface area contributed by atoms with Crippen LogP contribution in [0.4, 0.5) is 4.79 Å². The molecule has 3 amide bonds. The molecule has 128 valence electrons. The molecule has 2 aliphatic rings. The molecule has 1 spiro atoms. The number of nitrogens with one attached hydrogen (secondary N) is 1. The van der Waals surface area contributed by atoms with Gasteiger partial charge in [-0.15, -0.1) is 0 Å². The van der Waals surface area contributed by atoms with Gasteiger partial charge in [0.15, 0.2) is 5.54 Å². The Morgan fingerprint density at radius 1 is 1.16 bits per heavy atom. The average Bonchev–Trinajstić information content (AvgIpc) is 2.83. The van der Waals surface area contributed by atoms with E-state index in [-0.39, 0.29) is 18.5 Å². The lowest BCUT2D eigenvalue weighted by atomic mass is 9.84. The van der Waals surface area contributed by atoms with E-state index in [0.29, 0.717) is 18.8 Å². The molecule has 2 aromatic rings. The van der Waals surface area contributed by atoms with Crippen LogP contribution in [0.5, 0.6) is 5.75 Å². The molecule has 0 aromatic heterocycles. The fraction of sp³-hybridized carbons (Fsp3) is 0.300. The molecule has 1 fully saturated rings. The largest absolute Gasteiger partial charge is 0.493 e. The minimum Gasteiger partial charge on any atom is -0.493 e. The van der Waals surface area contributed by atoms with Crippen LogP contribution >= 0.6 is 0 Å². The number of urea groups is 1. The first kappa shape index (κ1) is 15.7. The lowest BCUT2D eigenvalue weighted by Gasteiger charge is -2.33. The van der Waals surface area contributed by atoms with Crippen LogP contribution in [0.25, 0.3) is 0 Å². The highest BCUT2D eigenvalue weighted by atomic mass is 16.5. The Kier molecular flexibility index (Phi) is 3.53. The summed E-state index contributed by atoms with van der Waals surface area (Å²) < 4.78 is 5.66. The van der Waals surface area contributed by atoms with Gasteiger partial charge in [0, 0.05) is 12.0 Å². The highest BCUT2D eigenvalue weighted by molar-refractivity contribution is 6.07. The second kappa shape index (κ2) is 5.62. The molecule has 2 aliphatic heterocycles. The molecule has 0 aliphatic carbocycles. The molecule has 0 bridgehead atoms. The number of aryl methyl sites for hydroxylation is 2. The fourth-order valence-corrected chi connectivity index (χ4v) is 3.66. The van der Waals surface area contributed by atoms with Crippen molar-refractivity contribution in [3.8, 4) is 5.75 Å². The van der Waals surface area contributed by atoms with Gasteiger partial charge in [-0.2, -0.15) is 0 Å². The Bertz CT molecular complexity index is 877. The summed E-state index contributed by atoms with van der Waals surface area (Å²) in [6.45, 7) is 4.68. The van der Waals surface area contributed by atoms with Gasteiger partial charge in [0.2, 0.25) is 0 Å². The summed E-state index contributed by atoms with van der Waals surface area (Å²) in [6, 6.07) is 13.1. The number of amides is 3. The second-order valence-electron chi connectivity index (χ2n) is 6.75. The fourth-order valence-electron chi connectivity index (χ4n) is 3.66. The smallest absolute Gasteiger partial charge is 0.325 e. The third-order valence-electron chi connectivity index (χ3n) is 5.09. The first-order valence-electron chi connectivity index (χ1n) is 8.44. The van der Waals surface area contributed by atoms with Crippen molar-refractivity contribution in [2.75, 3.05) is 6.61 Å². The maximum atomic E-state index is 13.2. The van der Waals surface area contributed by atoms with Gasteiger partial charge in [0.1, 0.15) is 5.75 Å². The number of benzene rings is 2. The summed E-state index contributed by atoms with van der Waals surface area (Å²) in [4.78, 5) is 27.2. The number of imide groups is 1. The predicted molar refractivity (Wildman–Crippen MR) is 93.2 cm³/mol. The van der Waals surface area contributed by atoms with Gasteiger partial charge in [0.25, 0.3) is 5.91 Å². The molecule has 5 heteroatoms. The zero-order chi connectivity index (χ0) is 17.6. The molecular weight excluding hydrogens is 316 g/mol. The Labute approximate surface area is 146 Å². The molecule has 1 N–H and O–H groups in total. The number of carbonyl (C=O) groups is 2. The predicted octanol–water partition coefficient (Wildman–Crippen LogP) is 3.03. The Morgan fingerprint density at radius 3 is 2.80 bits per heavy atom. The van der Waals surface area contributed by atoms with E-state index in [1.165, 1.54) is 4.90 Å². The summed E-state index contributed by atoms with van der Waals surface area (Å²) in [7, 11) is 0. The lowest BCUT2D eigenvalue weighted by molar-refractivity contribution is -0.133. The minimum atomic E-state index is -1.01. The first-order valence-corrected chi connectivity index (χ1v) is 8.44. The summed E-state index contributed by atoms with van der Waals surface area (Å²) in [5, 5.41) is 2.94. The van der Waals surface area contributed by atoms with Crippen LogP contribution in [0, 0.1) is 13.8 Å². The van der Waals surface area contributed by atoms with E-state index in [1.54, 1.807) is 0 Å². The number of rotatable bonds is 2. The molecule has 1 saturated heterocycles. The zero-order valence-electron chi connectivity index (χ0n) is 14.3. The van der Waals surface area contributed by atoms with E-state index in [0.717, 1.165) is 22.3 Å². The number of ether oxygens (including phenoxy) is 1. The normalized spacial score (nSPS) is 21.9. The van der Waals surface area contributed by atoms with Crippen LogP contribution in [0.2, 0.25) is 0 Å². The molecule has 0 radical (unpaired) electrons. The van der Waals surface area contributed by atoms with Crippen LogP contribution in [-0.4, -0.2) is 23.4 Å². The van der Waals surface area contributed by atoms with Gasteiger partial charge in [-0.1, -0.05) is 42.0 Å². The second-order valence-corrected chi connectivity index (χ2v) is 6.75. The highest BCUT2D eigenvalue weighted by Gasteiger charge is 2.54. The molecule has 0 unspecified atom stereocenters. The van der Waals surface area contributed by atoms with Gasteiger partial charge in [0.05, 0.1) is 13.2 Å². The van der Waals surface area contributed by atoms with Crippen LogP contribution in [0.1, 0.15) is 28.7 Å². The third-order valence-corrected chi connectivity index (χ3v) is 5.09. The van der Waals surface area contributed by atoms with Crippen molar-refractivity contribution < 1.29 is 14.3 Å². The number of nitrogens with zero attached hydrogens (tertiary/aromatic N) is 1. The molecular formula is C20H20N2O3. The van der Waals surface area contributed by atoms with E-state index in [4.69, 9.17) is 4.74 Å². The van der Waals surface area contributed by atoms with Crippen LogP contribution in [0.15, 0.2) is 42.5 Å². The van der Waals surface area contributed by atoms with E-state index >= 15 is 0 Å². The standard InChI is InChI=1S/C20H20N2O3/c1-13-7-8-14(2)15(11-13)12-22-18(23)20(21-19(22)24)9-10-25-17-6-4-3-5-16(17)20/h3-8,11H,9-10,12H2,1-2H3,(H,21,24)/t20-/m0/s1. The minimum absolute atomic E-state index is 0.200. The summed E-state index contributed by atoms with van der Waals surface area (Å²) in [5.41, 5.74) is 2.89. The van der Waals surface area contributed by atoms with Gasteiger partial charge in [-0.3, -0.25) is 9.69 Å². The first-order chi connectivity index (χ1) is 12.0. The third kappa shape index (κ3) is 2.38. The number of hydrogen-bond donors (Lipinski definition) is 1. The molecule has 2 heterocycles. The number of hydrogen-bond acceptors (Lipinski definition) is 3.